The van der Waals surface area contributed by atoms with E-state index in [1.54, 1.807) is 0 Å². The molecule has 0 radical (unpaired) electrons. The number of halogens is 1. The Labute approximate surface area is 138 Å². The van der Waals surface area contributed by atoms with Gasteiger partial charge in [0.1, 0.15) is 0 Å². The van der Waals surface area contributed by atoms with Crippen molar-refractivity contribution in [1.82, 2.24) is 4.90 Å². The molecule has 0 N–H and O–H groups in total. The first-order valence-electron chi connectivity index (χ1n) is 8.01. The van der Waals surface area contributed by atoms with Gasteiger partial charge in [-0.3, -0.25) is 4.90 Å². The van der Waals surface area contributed by atoms with E-state index < -0.39 is 0 Å². The fourth-order valence-corrected chi connectivity index (χ4v) is 4.25. The molecule has 0 spiro atoms. The fourth-order valence-electron chi connectivity index (χ4n) is 3.78. The molecule has 0 amide bonds. The Kier molecular flexibility index (Phi) is 4.05. The van der Waals surface area contributed by atoms with Crippen LogP contribution >= 0.6 is 11.6 Å². The van der Waals surface area contributed by atoms with Crippen molar-refractivity contribution in [2.45, 2.75) is 50.7 Å². The van der Waals surface area contributed by atoms with Crippen molar-refractivity contribution in [3.05, 3.63) is 71.3 Å². The highest BCUT2D eigenvalue weighted by Gasteiger charge is 2.58. The Bertz CT molecular complexity index is 631. The fraction of sp³-hybridized carbons (Fsp3) is 0.400. The summed E-state index contributed by atoms with van der Waals surface area (Å²) in [5.74, 6) is 0. The number of hydrogen-bond donors (Lipinski definition) is 0. The molecule has 2 aromatic rings. The first kappa shape index (κ1) is 15.6. The smallest absolute Gasteiger partial charge is 0.0811 e. The zero-order valence-corrected chi connectivity index (χ0v) is 14.5. The van der Waals surface area contributed by atoms with Crippen LogP contribution in [0, 0.1) is 6.92 Å². The van der Waals surface area contributed by atoms with Crippen LogP contribution in [0.4, 0.5) is 0 Å². The average Bonchev–Trinajstić information content (AvgIpc) is 2.48. The number of rotatable bonds is 3. The number of benzene rings is 2. The SMILES string of the molecule is Cc1ccc([C@@H]2N(C(C)C)[C@H](c3ccccc3)[C@@]2(C)Cl)cc1. The molecule has 2 heteroatoms. The molecule has 0 unspecified atom stereocenters. The number of alkyl halides is 1. The van der Waals surface area contributed by atoms with Crippen LogP contribution in [0.5, 0.6) is 0 Å². The first-order chi connectivity index (χ1) is 10.4. The Morgan fingerprint density at radius 2 is 1.41 bits per heavy atom. The number of hydrogen-bond acceptors (Lipinski definition) is 1. The molecule has 0 aromatic heterocycles. The minimum absolute atomic E-state index is 0.250. The highest BCUT2D eigenvalue weighted by molar-refractivity contribution is 6.25. The van der Waals surface area contributed by atoms with E-state index in [1.807, 2.05) is 0 Å². The third kappa shape index (κ3) is 2.47. The standard InChI is InChI=1S/C20H24ClN/c1-14(2)22-18(16-8-6-5-7-9-16)20(4,21)19(22)17-12-10-15(3)11-13-17/h5-14,18-19H,1-4H3/t18-,19+,20-/m1/s1. The van der Waals surface area contributed by atoms with Crippen LogP contribution in [-0.2, 0) is 0 Å². The molecule has 1 nitrogen and oxygen atoms in total. The van der Waals surface area contributed by atoms with Gasteiger partial charge in [0.05, 0.1) is 17.0 Å². The van der Waals surface area contributed by atoms with Crippen molar-refractivity contribution in [3.8, 4) is 0 Å². The second-order valence-electron chi connectivity index (χ2n) is 6.82. The van der Waals surface area contributed by atoms with E-state index in [4.69, 9.17) is 11.6 Å². The largest absolute Gasteiger partial charge is 0.283 e. The molecule has 22 heavy (non-hydrogen) atoms. The summed E-state index contributed by atoms with van der Waals surface area (Å²) in [4.78, 5) is 2.24. The summed E-state index contributed by atoms with van der Waals surface area (Å²) >= 11 is 7.04. The molecular weight excluding hydrogens is 290 g/mol. The van der Waals surface area contributed by atoms with Crippen molar-refractivity contribution in [2.75, 3.05) is 0 Å². The molecule has 1 aliphatic heterocycles. The lowest BCUT2D eigenvalue weighted by Gasteiger charge is -2.61. The molecule has 0 saturated carbocycles. The quantitative estimate of drug-likeness (QED) is 0.676. The molecule has 1 fully saturated rings. The number of aryl methyl sites for hydroxylation is 1. The molecular formula is C20H24ClN. The molecule has 1 saturated heterocycles. The minimum atomic E-state index is -0.291. The molecule has 3 atom stereocenters. The monoisotopic (exact) mass is 313 g/mol. The summed E-state index contributed by atoms with van der Waals surface area (Å²) in [7, 11) is 0. The van der Waals surface area contributed by atoms with E-state index >= 15 is 0 Å². The minimum Gasteiger partial charge on any atom is -0.283 e. The van der Waals surface area contributed by atoms with Gasteiger partial charge in [-0.25, -0.2) is 0 Å². The molecule has 0 bridgehead atoms. The Morgan fingerprint density at radius 1 is 0.909 bits per heavy atom. The Balaban J connectivity index is 2.00. The van der Waals surface area contributed by atoms with Crippen LogP contribution in [0.15, 0.2) is 54.6 Å². The van der Waals surface area contributed by atoms with Gasteiger partial charge in [0.25, 0.3) is 0 Å². The van der Waals surface area contributed by atoms with Crippen molar-refractivity contribution < 1.29 is 0 Å². The van der Waals surface area contributed by atoms with E-state index in [0.29, 0.717) is 6.04 Å². The number of nitrogens with zero attached hydrogens (tertiary/aromatic N) is 1. The Hall–Kier alpha value is -1.31. The molecule has 1 heterocycles. The van der Waals surface area contributed by atoms with Gasteiger partial charge in [-0.15, -0.1) is 11.6 Å². The van der Waals surface area contributed by atoms with Crippen LogP contribution in [0.3, 0.4) is 0 Å². The van der Waals surface area contributed by atoms with Crippen LogP contribution in [0.2, 0.25) is 0 Å². The summed E-state index contributed by atoms with van der Waals surface area (Å²) in [5, 5.41) is 0. The third-order valence-corrected chi connectivity index (χ3v) is 5.18. The van der Waals surface area contributed by atoms with Crippen LogP contribution in [0.25, 0.3) is 0 Å². The van der Waals surface area contributed by atoms with E-state index in [9.17, 15) is 0 Å². The predicted octanol–water partition coefficient (Wildman–Crippen LogP) is 5.50. The van der Waals surface area contributed by atoms with E-state index in [2.05, 4.69) is 87.2 Å². The topological polar surface area (TPSA) is 3.24 Å². The van der Waals surface area contributed by atoms with Crippen LogP contribution in [-0.4, -0.2) is 15.8 Å². The second kappa shape index (κ2) is 5.72. The van der Waals surface area contributed by atoms with Gasteiger partial charge in [0.15, 0.2) is 0 Å². The van der Waals surface area contributed by atoms with Crippen molar-refractivity contribution in [1.29, 1.82) is 0 Å². The third-order valence-electron chi connectivity index (χ3n) is 4.77. The summed E-state index contributed by atoms with van der Waals surface area (Å²) in [6.07, 6.45) is 0. The van der Waals surface area contributed by atoms with E-state index in [0.717, 1.165) is 0 Å². The summed E-state index contributed by atoms with van der Waals surface area (Å²) in [6, 6.07) is 20.4. The average molecular weight is 314 g/mol. The second-order valence-corrected chi connectivity index (χ2v) is 7.63. The van der Waals surface area contributed by atoms with Gasteiger partial charge in [0.2, 0.25) is 0 Å². The maximum absolute atomic E-state index is 7.04. The maximum Gasteiger partial charge on any atom is 0.0811 e. The molecule has 2 aromatic carbocycles. The van der Waals surface area contributed by atoms with E-state index in [1.165, 1.54) is 16.7 Å². The number of likely N-dealkylation sites (tertiary alicyclic amines) is 1. The molecule has 3 rings (SSSR count). The van der Waals surface area contributed by atoms with E-state index in [-0.39, 0.29) is 17.0 Å². The van der Waals surface area contributed by atoms with Crippen molar-refractivity contribution in [2.24, 2.45) is 0 Å². The van der Waals surface area contributed by atoms with Gasteiger partial charge in [-0.1, -0.05) is 60.2 Å². The maximum atomic E-state index is 7.04. The first-order valence-corrected chi connectivity index (χ1v) is 8.38. The zero-order chi connectivity index (χ0) is 15.9. The lowest BCUT2D eigenvalue weighted by Crippen LogP contribution is -2.63. The zero-order valence-electron chi connectivity index (χ0n) is 13.8. The highest BCUT2D eigenvalue weighted by Crippen LogP contribution is 2.60. The highest BCUT2D eigenvalue weighted by atomic mass is 35.5. The lowest BCUT2D eigenvalue weighted by molar-refractivity contribution is -0.0580. The predicted molar refractivity (Wildman–Crippen MR) is 94.3 cm³/mol. The lowest BCUT2D eigenvalue weighted by atomic mass is 9.72. The van der Waals surface area contributed by atoms with Gasteiger partial charge in [-0.05, 0) is 38.8 Å². The normalized spacial score (nSPS) is 28.6. The Morgan fingerprint density at radius 3 is 1.91 bits per heavy atom. The van der Waals surface area contributed by atoms with Gasteiger partial charge >= 0.3 is 0 Å². The van der Waals surface area contributed by atoms with Crippen molar-refractivity contribution >= 4 is 11.6 Å². The van der Waals surface area contributed by atoms with Gasteiger partial charge in [0, 0.05) is 6.04 Å². The molecule has 116 valence electrons. The molecule has 1 aliphatic rings. The van der Waals surface area contributed by atoms with Crippen LogP contribution < -0.4 is 0 Å². The summed E-state index contributed by atoms with van der Waals surface area (Å²) < 4.78 is 0. The van der Waals surface area contributed by atoms with Crippen LogP contribution in [0.1, 0.15) is 49.5 Å². The summed E-state index contributed by atoms with van der Waals surface area (Å²) in [6.45, 7) is 8.81. The summed E-state index contributed by atoms with van der Waals surface area (Å²) in [5.41, 5.74) is 3.90. The van der Waals surface area contributed by atoms with Crippen molar-refractivity contribution in [3.63, 3.8) is 0 Å². The molecule has 0 aliphatic carbocycles. The van der Waals surface area contributed by atoms with Gasteiger partial charge in [-0.2, -0.15) is 0 Å². The van der Waals surface area contributed by atoms with Gasteiger partial charge < -0.3 is 0 Å².